The van der Waals surface area contributed by atoms with Gasteiger partial charge in [-0.15, -0.1) is 0 Å². The number of halogens is 12. The lowest BCUT2D eigenvalue weighted by molar-refractivity contribution is -0.489. The standard InChI is InChI=1S/C7H6F12OSi/c1-2(20-21,4(8,9)10)3(5(11,12)13,6(14,15)16)7(17,18)19/h1,21H3. The smallest absolute Gasteiger partial charge is 0.413 e. The summed E-state index contributed by atoms with van der Waals surface area (Å²) in [6.07, 6.45) is -28.6. The largest absolute Gasteiger partial charge is 0.417 e. The molecule has 128 valence electrons. The van der Waals surface area contributed by atoms with E-state index in [4.69, 9.17) is 0 Å². The molecule has 0 radical (unpaired) electrons. The fraction of sp³-hybridized carbons (Fsp3) is 1.00. The molecule has 0 bridgehead atoms. The van der Waals surface area contributed by atoms with Crippen LogP contribution in [0.3, 0.4) is 0 Å². The van der Waals surface area contributed by atoms with Gasteiger partial charge in [0.05, 0.1) is 0 Å². The Labute approximate surface area is 111 Å². The molecule has 1 unspecified atom stereocenters. The lowest BCUT2D eigenvalue weighted by Gasteiger charge is -2.49. The average molecular weight is 362 g/mol. The highest BCUT2D eigenvalue weighted by Crippen LogP contribution is 2.68. The van der Waals surface area contributed by atoms with Crippen molar-refractivity contribution in [3.63, 3.8) is 0 Å². The van der Waals surface area contributed by atoms with E-state index in [9.17, 15) is 52.7 Å². The summed E-state index contributed by atoms with van der Waals surface area (Å²) in [5.41, 5.74) is -12.7. The summed E-state index contributed by atoms with van der Waals surface area (Å²) in [4.78, 5) is 0. The minimum atomic E-state index is -7.35. The van der Waals surface area contributed by atoms with Crippen molar-refractivity contribution in [2.24, 2.45) is 5.41 Å². The van der Waals surface area contributed by atoms with Crippen molar-refractivity contribution in [3.05, 3.63) is 0 Å². The molecular formula is C7H6F12OSi. The highest BCUT2D eigenvalue weighted by atomic mass is 28.2. The van der Waals surface area contributed by atoms with Crippen molar-refractivity contribution >= 4 is 10.5 Å². The number of alkyl halides is 12. The second-order valence-corrected chi connectivity index (χ2v) is 4.39. The normalized spacial score (nSPS) is 18.7. The van der Waals surface area contributed by atoms with Crippen LogP contribution in [0.25, 0.3) is 0 Å². The van der Waals surface area contributed by atoms with E-state index in [0.717, 1.165) is 0 Å². The summed E-state index contributed by atoms with van der Waals surface area (Å²) >= 11 is 0. The third-order valence-corrected chi connectivity index (χ3v) is 3.76. The van der Waals surface area contributed by atoms with Crippen LogP contribution in [0.4, 0.5) is 52.7 Å². The van der Waals surface area contributed by atoms with E-state index in [-0.39, 0.29) is 0 Å². The first-order valence-electron chi connectivity index (χ1n) is 4.63. The molecule has 0 aromatic rings. The Hall–Kier alpha value is -0.663. The predicted octanol–water partition coefficient (Wildman–Crippen LogP) is 3.28. The predicted molar refractivity (Wildman–Crippen MR) is 46.1 cm³/mol. The molecule has 0 spiro atoms. The van der Waals surface area contributed by atoms with Gasteiger partial charge >= 0.3 is 24.7 Å². The molecule has 0 saturated heterocycles. The second kappa shape index (κ2) is 4.92. The van der Waals surface area contributed by atoms with Gasteiger partial charge in [-0.25, -0.2) is 0 Å². The van der Waals surface area contributed by atoms with E-state index >= 15 is 0 Å². The van der Waals surface area contributed by atoms with Crippen LogP contribution in [-0.2, 0) is 4.43 Å². The monoisotopic (exact) mass is 362 g/mol. The van der Waals surface area contributed by atoms with E-state index < -0.39 is 53.1 Å². The number of rotatable bonds is 2. The average Bonchev–Trinajstić information content (AvgIpc) is 2.08. The van der Waals surface area contributed by atoms with E-state index in [1.807, 2.05) is 0 Å². The molecule has 1 nitrogen and oxygen atoms in total. The molecule has 0 N–H and O–H groups in total. The van der Waals surface area contributed by atoms with Crippen molar-refractivity contribution in [2.45, 2.75) is 37.2 Å². The molecule has 0 rings (SSSR count). The molecule has 0 saturated carbocycles. The minimum Gasteiger partial charge on any atom is -0.413 e. The van der Waals surface area contributed by atoms with Gasteiger partial charge in [-0.1, -0.05) is 0 Å². The quantitative estimate of drug-likeness (QED) is 0.541. The third-order valence-electron chi connectivity index (χ3n) is 2.94. The third kappa shape index (κ3) is 2.59. The van der Waals surface area contributed by atoms with Gasteiger partial charge in [-0.05, 0) is 6.92 Å². The SMILES string of the molecule is CC(O[SiH3])(C(F)(F)F)C(C(F)(F)F)(C(F)(F)F)C(F)(F)F. The van der Waals surface area contributed by atoms with Gasteiger partial charge in [-0.2, -0.15) is 52.7 Å². The number of hydrogen-bond acceptors (Lipinski definition) is 1. The summed E-state index contributed by atoms with van der Waals surface area (Å²) in [6.45, 7) is -0.922. The maximum atomic E-state index is 12.6. The van der Waals surface area contributed by atoms with Gasteiger partial charge < -0.3 is 4.43 Å². The van der Waals surface area contributed by atoms with E-state index in [0.29, 0.717) is 0 Å². The fourth-order valence-corrected chi connectivity index (χ4v) is 2.31. The lowest BCUT2D eigenvalue weighted by atomic mass is 9.69. The first-order valence-corrected chi connectivity index (χ1v) is 5.45. The van der Waals surface area contributed by atoms with Crippen LogP contribution in [0, 0.1) is 5.41 Å². The molecule has 0 fully saturated rings. The first kappa shape index (κ1) is 20.3. The van der Waals surface area contributed by atoms with Gasteiger partial charge in [0.2, 0.25) is 0 Å². The van der Waals surface area contributed by atoms with Crippen LogP contribution < -0.4 is 0 Å². The Morgan fingerprint density at radius 3 is 0.857 bits per heavy atom. The second-order valence-electron chi connectivity index (χ2n) is 3.98. The van der Waals surface area contributed by atoms with Crippen LogP contribution >= 0.6 is 0 Å². The van der Waals surface area contributed by atoms with Crippen LogP contribution in [0.5, 0.6) is 0 Å². The van der Waals surface area contributed by atoms with E-state index in [1.54, 1.807) is 0 Å². The molecule has 0 aliphatic rings. The summed E-state index contributed by atoms with van der Waals surface area (Å²) < 4.78 is 154. The van der Waals surface area contributed by atoms with Crippen LogP contribution in [-0.4, -0.2) is 40.8 Å². The van der Waals surface area contributed by atoms with E-state index in [1.165, 1.54) is 0 Å². The van der Waals surface area contributed by atoms with Crippen molar-refractivity contribution < 1.29 is 57.1 Å². The van der Waals surface area contributed by atoms with Gasteiger partial charge in [-0.3, -0.25) is 0 Å². The summed E-state index contributed by atoms with van der Waals surface area (Å²) in [5, 5.41) is 0. The molecule has 0 aliphatic heterocycles. The van der Waals surface area contributed by atoms with E-state index in [2.05, 4.69) is 4.43 Å². The van der Waals surface area contributed by atoms with Crippen molar-refractivity contribution in [3.8, 4) is 0 Å². The van der Waals surface area contributed by atoms with Crippen molar-refractivity contribution in [1.82, 2.24) is 0 Å². The Kier molecular flexibility index (Phi) is 4.77. The zero-order valence-corrected chi connectivity index (χ0v) is 11.9. The van der Waals surface area contributed by atoms with Crippen molar-refractivity contribution in [1.29, 1.82) is 0 Å². The molecule has 21 heavy (non-hydrogen) atoms. The van der Waals surface area contributed by atoms with Crippen LogP contribution in [0.15, 0.2) is 0 Å². The zero-order valence-electron chi connectivity index (χ0n) is 9.94. The topological polar surface area (TPSA) is 9.23 Å². The molecule has 0 aromatic carbocycles. The Morgan fingerprint density at radius 2 is 0.810 bits per heavy atom. The van der Waals surface area contributed by atoms with Gasteiger partial charge in [0.25, 0.3) is 5.41 Å². The molecule has 0 aromatic heterocycles. The van der Waals surface area contributed by atoms with Crippen LogP contribution in [0.1, 0.15) is 6.92 Å². The van der Waals surface area contributed by atoms with Gasteiger partial charge in [0, 0.05) is 0 Å². The fourth-order valence-electron chi connectivity index (χ4n) is 1.77. The summed E-state index contributed by atoms with van der Waals surface area (Å²) in [6, 6.07) is 0. The van der Waals surface area contributed by atoms with Crippen LogP contribution in [0.2, 0.25) is 0 Å². The van der Waals surface area contributed by atoms with Gasteiger partial charge in [0.1, 0.15) is 10.5 Å². The Bertz CT molecular complexity index is 339. The Balaban J connectivity index is 7.01. The summed E-state index contributed by atoms with van der Waals surface area (Å²) in [7, 11) is -1.46. The molecule has 0 heterocycles. The lowest BCUT2D eigenvalue weighted by Crippen LogP contribution is -2.75. The summed E-state index contributed by atoms with van der Waals surface area (Å²) in [5.74, 6) is 0. The molecule has 0 amide bonds. The first-order chi connectivity index (χ1) is 8.81. The minimum absolute atomic E-state index is 0.922. The Morgan fingerprint density at radius 1 is 0.571 bits per heavy atom. The zero-order chi connectivity index (χ0) is 17.7. The molecule has 14 heteroatoms. The molecule has 1 atom stereocenters. The van der Waals surface area contributed by atoms with Crippen molar-refractivity contribution in [2.75, 3.05) is 0 Å². The molecular weight excluding hydrogens is 356 g/mol. The highest BCUT2D eigenvalue weighted by Gasteiger charge is 2.94. The molecule has 0 aliphatic carbocycles. The maximum absolute atomic E-state index is 12.6. The maximum Gasteiger partial charge on any atom is 0.417 e. The highest BCUT2D eigenvalue weighted by molar-refractivity contribution is 5.98. The van der Waals surface area contributed by atoms with Gasteiger partial charge in [0.15, 0.2) is 5.60 Å². The number of hydrogen-bond donors (Lipinski definition) is 0.